The number of nitrogens with one attached hydrogen (secondary N) is 1. The summed E-state index contributed by atoms with van der Waals surface area (Å²) in [5.74, 6) is 2.81. The standard InChI is InChI=1S/C17H33N3O/c1-4-14(5-2)15-9-10-20(13-15)17(18-6-3)19-12-16-8-7-11-21-16/h14-16H,4-13H2,1-3H3,(H,18,19). The zero-order valence-corrected chi connectivity index (χ0v) is 14.1. The number of rotatable bonds is 6. The number of guanidine groups is 1. The van der Waals surface area contributed by atoms with Gasteiger partial charge in [-0.05, 0) is 38.0 Å². The van der Waals surface area contributed by atoms with E-state index in [1.165, 1.54) is 38.6 Å². The Morgan fingerprint density at radius 3 is 2.71 bits per heavy atom. The Balaban J connectivity index is 1.90. The average Bonchev–Trinajstić information content (AvgIpc) is 3.16. The summed E-state index contributed by atoms with van der Waals surface area (Å²) in [5.41, 5.74) is 0. The van der Waals surface area contributed by atoms with E-state index in [-0.39, 0.29) is 0 Å². The molecule has 2 aliphatic rings. The summed E-state index contributed by atoms with van der Waals surface area (Å²) < 4.78 is 5.68. The summed E-state index contributed by atoms with van der Waals surface area (Å²) in [4.78, 5) is 7.29. The van der Waals surface area contributed by atoms with Crippen LogP contribution in [0.3, 0.4) is 0 Å². The van der Waals surface area contributed by atoms with Crippen molar-refractivity contribution >= 4 is 5.96 Å². The molecule has 0 aromatic heterocycles. The van der Waals surface area contributed by atoms with Crippen LogP contribution in [0, 0.1) is 11.8 Å². The SMILES string of the molecule is CCNC(=NCC1CCCO1)N1CCC(C(CC)CC)C1. The molecule has 0 aromatic carbocycles. The van der Waals surface area contributed by atoms with Crippen LogP contribution >= 0.6 is 0 Å². The summed E-state index contributed by atoms with van der Waals surface area (Å²) in [5, 5.41) is 3.46. The summed E-state index contributed by atoms with van der Waals surface area (Å²) in [6, 6.07) is 0. The van der Waals surface area contributed by atoms with E-state index in [0.717, 1.165) is 44.0 Å². The maximum Gasteiger partial charge on any atom is 0.194 e. The Labute approximate surface area is 130 Å². The molecule has 0 aromatic rings. The smallest absolute Gasteiger partial charge is 0.194 e. The van der Waals surface area contributed by atoms with E-state index in [9.17, 15) is 0 Å². The summed E-state index contributed by atoms with van der Waals surface area (Å²) in [6.07, 6.45) is 6.63. The molecule has 0 amide bonds. The van der Waals surface area contributed by atoms with E-state index in [1.807, 2.05) is 0 Å². The lowest BCUT2D eigenvalue weighted by atomic mass is 9.87. The van der Waals surface area contributed by atoms with Crippen molar-refractivity contribution < 1.29 is 4.74 Å². The van der Waals surface area contributed by atoms with Crippen LogP contribution in [0.4, 0.5) is 0 Å². The lowest BCUT2D eigenvalue weighted by Crippen LogP contribution is -2.41. The highest BCUT2D eigenvalue weighted by Gasteiger charge is 2.29. The maximum atomic E-state index is 5.68. The van der Waals surface area contributed by atoms with Crippen molar-refractivity contribution in [2.24, 2.45) is 16.8 Å². The van der Waals surface area contributed by atoms with E-state index in [4.69, 9.17) is 9.73 Å². The van der Waals surface area contributed by atoms with Gasteiger partial charge in [-0.2, -0.15) is 0 Å². The molecule has 2 atom stereocenters. The lowest BCUT2D eigenvalue weighted by Gasteiger charge is -2.24. The average molecular weight is 295 g/mol. The third kappa shape index (κ3) is 4.60. The fourth-order valence-electron chi connectivity index (χ4n) is 3.72. The topological polar surface area (TPSA) is 36.9 Å². The number of nitrogens with zero attached hydrogens (tertiary/aromatic N) is 2. The van der Waals surface area contributed by atoms with Crippen LogP contribution in [0.2, 0.25) is 0 Å². The summed E-state index contributed by atoms with van der Waals surface area (Å²) >= 11 is 0. The zero-order chi connectivity index (χ0) is 15.1. The van der Waals surface area contributed by atoms with Crippen molar-refractivity contribution in [3.05, 3.63) is 0 Å². The van der Waals surface area contributed by atoms with Gasteiger partial charge in [0.2, 0.25) is 0 Å². The highest BCUT2D eigenvalue weighted by Crippen LogP contribution is 2.28. The van der Waals surface area contributed by atoms with E-state index in [0.29, 0.717) is 6.10 Å². The molecular weight excluding hydrogens is 262 g/mol. The molecule has 2 unspecified atom stereocenters. The first-order chi connectivity index (χ1) is 10.3. The molecule has 0 bridgehead atoms. The van der Waals surface area contributed by atoms with Gasteiger partial charge in [0.15, 0.2) is 5.96 Å². The molecule has 21 heavy (non-hydrogen) atoms. The first kappa shape index (κ1) is 16.6. The minimum atomic E-state index is 0.344. The molecule has 1 N–H and O–H groups in total. The van der Waals surface area contributed by atoms with Gasteiger partial charge < -0.3 is 15.0 Å². The molecule has 122 valence electrons. The van der Waals surface area contributed by atoms with Gasteiger partial charge in [-0.1, -0.05) is 26.7 Å². The fraction of sp³-hybridized carbons (Fsp3) is 0.941. The predicted molar refractivity (Wildman–Crippen MR) is 88.7 cm³/mol. The van der Waals surface area contributed by atoms with Gasteiger partial charge in [0.1, 0.15) is 0 Å². The predicted octanol–water partition coefficient (Wildman–Crippen LogP) is 2.89. The number of ether oxygens (including phenoxy) is 1. The van der Waals surface area contributed by atoms with Crippen LogP contribution in [0.5, 0.6) is 0 Å². The quantitative estimate of drug-likeness (QED) is 0.605. The summed E-state index contributed by atoms with van der Waals surface area (Å²) in [6.45, 7) is 11.8. The Kier molecular flexibility index (Phi) is 6.81. The molecule has 2 aliphatic heterocycles. The monoisotopic (exact) mass is 295 g/mol. The third-order valence-electron chi connectivity index (χ3n) is 5.04. The number of aliphatic imine (C=N–C) groups is 1. The van der Waals surface area contributed by atoms with Gasteiger partial charge >= 0.3 is 0 Å². The van der Waals surface area contributed by atoms with Crippen LogP contribution in [0.1, 0.15) is 52.9 Å². The van der Waals surface area contributed by atoms with Crippen LogP contribution in [-0.4, -0.2) is 49.7 Å². The molecular formula is C17H33N3O. The Bertz CT molecular complexity index is 322. The molecule has 4 heteroatoms. The second kappa shape index (κ2) is 8.62. The van der Waals surface area contributed by atoms with E-state index in [1.54, 1.807) is 0 Å². The highest BCUT2D eigenvalue weighted by molar-refractivity contribution is 5.80. The van der Waals surface area contributed by atoms with E-state index < -0.39 is 0 Å². The second-order valence-corrected chi connectivity index (χ2v) is 6.40. The van der Waals surface area contributed by atoms with Gasteiger partial charge in [0.05, 0.1) is 12.6 Å². The lowest BCUT2D eigenvalue weighted by molar-refractivity contribution is 0.117. The van der Waals surface area contributed by atoms with Crippen LogP contribution in [-0.2, 0) is 4.74 Å². The molecule has 2 rings (SSSR count). The molecule has 0 aliphatic carbocycles. The first-order valence-electron chi connectivity index (χ1n) is 8.93. The molecule has 0 spiro atoms. The van der Waals surface area contributed by atoms with Crippen molar-refractivity contribution in [1.82, 2.24) is 10.2 Å². The summed E-state index contributed by atoms with van der Waals surface area (Å²) in [7, 11) is 0. The molecule has 2 fully saturated rings. The molecule has 2 heterocycles. The van der Waals surface area contributed by atoms with Crippen molar-refractivity contribution in [2.45, 2.75) is 59.0 Å². The molecule has 0 radical (unpaired) electrons. The zero-order valence-electron chi connectivity index (χ0n) is 14.1. The van der Waals surface area contributed by atoms with Crippen molar-refractivity contribution in [1.29, 1.82) is 0 Å². The largest absolute Gasteiger partial charge is 0.376 e. The normalized spacial score (nSPS) is 26.9. The third-order valence-corrected chi connectivity index (χ3v) is 5.04. The molecule has 2 saturated heterocycles. The van der Waals surface area contributed by atoms with Crippen LogP contribution in [0.25, 0.3) is 0 Å². The van der Waals surface area contributed by atoms with Crippen LogP contribution < -0.4 is 5.32 Å². The van der Waals surface area contributed by atoms with Crippen LogP contribution in [0.15, 0.2) is 4.99 Å². The number of hydrogen-bond acceptors (Lipinski definition) is 2. The number of hydrogen-bond donors (Lipinski definition) is 1. The minimum Gasteiger partial charge on any atom is -0.376 e. The van der Waals surface area contributed by atoms with E-state index in [2.05, 4.69) is 31.0 Å². The maximum absolute atomic E-state index is 5.68. The first-order valence-corrected chi connectivity index (χ1v) is 8.93. The van der Waals surface area contributed by atoms with Gasteiger partial charge in [0.25, 0.3) is 0 Å². The highest BCUT2D eigenvalue weighted by atomic mass is 16.5. The Morgan fingerprint density at radius 1 is 1.29 bits per heavy atom. The molecule has 0 saturated carbocycles. The van der Waals surface area contributed by atoms with Gasteiger partial charge in [-0.3, -0.25) is 4.99 Å². The Hall–Kier alpha value is -0.770. The van der Waals surface area contributed by atoms with Gasteiger partial charge in [-0.15, -0.1) is 0 Å². The second-order valence-electron chi connectivity index (χ2n) is 6.40. The molecule has 4 nitrogen and oxygen atoms in total. The fourth-order valence-corrected chi connectivity index (χ4v) is 3.72. The van der Waals surface area contributed by atoms with Crippen molar-refractivity contribution in [3.8, 4) is 0 Å². The van der Waals surface area contributed by atoms with Crippen molar-refractivity contribution in [3.63, 3.8) is 0 Å². The van der Waals surface area contributed by atoms with E-state index >= 15 is 0 Å². The number of likely N-dealkylation sites (tertiary alicyclic amines) is 1. The van der Waals surface area contributed by atoms with Gasteiger partial charge in [-0.25, -0.2) is 0 Å². The van der Waals surface area contributed by atoms with Crippen molar-refractivity contribution in [2.75, 3.05) is 32.8 Å². The Morgan fingerprint density at radius 2 is 2.10 bits per heavy atom. The van der Waals surface area contributed by atoms with Gasteiger partial charge in [0, 0.05) is 26.2 Å². The minimum absolute atomic E-state index is 0.344.